The van der Waals surface area contributed by atoms with Crippen molar-refractivity contribution in [2.45, 2.75) is 44.9 Å². The van der Waals surface area contributed by atoms with Gasteiger partial charge in [-0.05, 0) is 43.4 Å². The molecule has 114 valence electrons. The lowest BCUT2D eigenvalue weighted by Gasteiger charge is -2.27. The van der Waals surface area contributed by atoms with Gasteiger partial charge in [0.15, 0.2) is 11.5 Å². The Morgan fingerprint density at radius 3 is 2.43 bits per heavy atom. The summed E-state index contributed by atoms with van der Waals surface area (Å²) in [7, 11) is 0. The van der Waals surface area contributed by atoms with Crippen molar-refractivity contribution >= 4 is 5.91 Å². The van der Waals surface area contributed by atoms with Gasteiger partial charge in [0.05, 0.1) is 5.41 Å². The maximum Gasteiger partial charge on any atom is 0.233 e. The second-order valence-electron chi connectivity index (χ2n) is 5.94. The highest BCUT2D eigenvalue weighted by atomic mass is 16.7. The molecule has 1 heterocycles. The van der Waals surface area contributed by atoms with Crippen molar-refractivity contribution in [3.63, 3.8) is 0 Å². The van der Waals surface area contributed by atoms with Crippen molar-refractivity contribution in [2.24, 2.45) is 0 Å². The van der Waals surface area contributed by atoms with Crippen LogP contribution in [0.25, 0.3) is 0 Å². The molecule has 1 fully saturated rings. The minimum Gasteiger partial charge on any atom is -0.454 e. The van der Waals surface area contributed by atoms with Crippen LogP contribution in [0, 0.1) is 0 Å². The summed E-state index contributed by atoms with van der Waals surface area (Å²) < 4.78 is 10.8. The smallest absolute Gasteiger partial charge is 0.233 e. The predicted molar refractivity (Wildman–Crippen MR) is 80.6 cm³/mol. The largest absolute Gasteiger partial charge is 0.454 e. The Kier molecular flexibility index (Phi) is 3.79. The van der Waals surface area contributed by atoms with Gasteiger partial charge in [-0.2, -0.15) is 0 Å². The number of hydrogen-bond donors (Lipinski definition) is 0. The molecule has 1 aliphatic heterocycles. The minimum absolute atomic E-state index is 0.275. The minimum atomic E-state index is -0.314. The number of amides is 1. The van der Waals surface area contributed by atoms with Crippen molar-refractivity contribution in [1.82, 2.24) is 4.90 Å². The van der Waals surface area contributed by atoms with Gasteiger partial charge in [-0.1, -0.05) is 19.9 Å². The van der Waals surface area contributed by atoms with Gasteiger partial charge >= 0.3 is 0 Å². The van der Waals surface area contributed by atoms with Gasteiger partial charge in [-0.3, -0.25) is 4.79 Å². The molecular weight excluding hydrogens is 266 g/mol. The molecule has 1 aliphatic carbocycles. The number of carbonyl (C=O) groups excluding carboxylic acids is 1. The molecule has 0 N–H and O–H groups in total. The molecule has 0 unspecified atom stereocenters. The van der Waals surface area contributed by atoms with E-state index >= 15 is 0 Å². The third kappa shape index (κ3) is 2.47. The van der Waals surface area contributed by atoms with E-state index in [0.29, 0.717) is 0 Å². The summed E-state index contributed by atoms with van der Waals surface area (Å²) in [5, 5.41) is 0. The number of carbonyl (C=O) groups is 1. The molecule has 0 spiro atoms. The van der Waals surface area contributed by atoms with Gasteiger partial charge in [-0.25, -0.2) is 0 Å². The summed E-state index contributed by atoms with van der Waals surface area (Å²) in [5.41, 5.74) is 0.764. The van der Waals surface area contributed by atoms with Gasteiger partial charge in [0.1, 0.15) is 0 Å². The van der Waals surface area contributed by atoms with Crippen LogP contribution in [0.15, 0.2) is 18.2 Å². The number of rotatable bonds is 6. The van der Waals surface area contributed by atoms with Crippen molar-refractivity contribution in [3.05, 3.63) is 23.8 Å². The SMILES string of the molecule is CCCN(CCC)C(=O)C1(c2ccc3c(c2)OCO3)CC1. The molecule has 2 aliphatic rings. The predicted octanol–water partition coefficient (Wildman–Crippen LogP) is 3.10. The molecule has 4 nitrogen and oxygen atoms in total. The van der Waals surface area contributed by atoms with Crippen LogP contribution in [0.5, 0.6) is 11.5 Å². The fourth-order valence-corrected chi connectivity index (χ4v) is 3.10. The quantitative estimate of drug-likeness (QED) is 0.808. The summed E-state index contributed by atoms with van der Waals surface area (Å²) in [4.78, 5) is 15.0. The lowest BCUT2D eigenvalue weighted by atomic mass is 9.93. The molecule has 1 amide bonds. The Hall–Kier alpha value is -1.71. The second kappa shape index (κ2) is 5.58. The van der Waals surface area contributed by atoms with Gasteiger partial charge in [0, 0.05) is 13.1 Å². The highest BCUT2D eigenvalue weighted by molar-refractivity contribution is 5.91. The first-order valence-electron chi connectivity index (χ1n) is 7.91. The van der Waals surface area contributed by atoms with Crippen molar-refractivity contribution in [3.8, 4) is 11.5 Å². The lowest BCUT2D eigenvalue weighted by molar-refractivity contribution is -0.134. The lowest BCUT2D eigenvalue weighted by Crippen LogP contribution is -2.40. The van der Waals surface area contributed by atoms with E-state index in [1.165, 1.54) is 0 Å². The average Bonchev–Trinajstić information content (AvgIpc) is 3.17. The zero-order valence-electron chi connectivity index (χ0n) is 12.9. The molecule has 21 heavy (non-hydrogen) atoms. The van der Waals surface area contributed by atoms with Gasteiger partial charge in [0.25, 0.3) is 0 Å². The van der Waals surface area contributed by atoms with Crippen molar-refractivity contribution in [2.75, 3.05) is 19.9 Å². The first-order chi connectivity index (χ1) is 10.2. The van der Waals surface area contributed by atoms with Crippen LogP contribution in [-0.4, -0.2) is 30.7 Å². The Bertz CT molecular complexity index is 531. The van der Waals surface area contributed by atoms with Crippen LogP contribution in [0.4, 0.5) is 0 Å². The van der Waals surface area contributed by atoms with E-state index < -0.39 is 0 Å². The van der Waals surface area contributed by atoms with Crippen LogP contribution < -0.4 is 9.47 Å². The zero-order valence-corrected chi connectivity index (χ0v) is 12.9. The highest BCUT2D eigenvalue weighted by Gasteiger charge is 2.53. The number of ether oxygens (including phenoxy) is 2. The molecule has 3 rings (SSSR count). The molecule has 0 radical (unpaired) electrons. The molecular formula is C17H23NO3. The topological polar surface area (TPSA) is 38.8 Å². The maximum absolute atomic E-state index is 13.0. The van der Waals surface area contributed by atoms with E-state index in [2.05, 4.69) is 13.8 Å². The summed E-state index contributed by atoms with van der Waals surface area (Å²) in [6.45, 7) is 6.21. The fourth-order valence-electron chi connectivity index (χ4n) is 3.10. The van der Waals surface area contributed by atoms with Gasteiger partial charge in [-0.15, -0.1) is 0 Å². The number of benzene rings is 1. The van der Waals surface area contributed by atoms with Crippen LogP contribution >= 0.6 is 0 Å². The fraction of sp³-hybridized carbons (Fsp3) is 0.588. The molecule has 0 aromatic heterocycles. The van der Waals surface area contributed by atoms with Gasteiger partial charge < -0.3 is 14.4 Å². The monoisotopic (exact) mass is 289 g/mol. The van der Waals surface area contributed by atoms with E-state index in [1.807, 2.05) is 23.1 Å². The third-order valence-electron chi connectivity index (χ3n) is 4.36. The Morgan fingerprint density at radius 2 is 1.81 bits per heavy atom. The molecule has 1 aromatic carbocycles. The van der Waals surface area contributed by atoms with E-state index in [4.69, 9.17) is 9.47 Å². The summed E-state index contributed by atoms with van der Waals surface area (Å²) in [6, 6.07) is 5.94. The summed E-state index contributed by atoms with van der Waals surface area (Å²) in [5.74, 6) is 1.83. The normalized spacial score (nSPS) is 17.6. The van der Waals surface area contributed by atoms with Crippen LogP contribution in [-0.2, 0) is 10.2 Å². The maximum atomic E-state index is 13.0. The van der Waals surface area contributed by atoms with Crippen LogP contribution in [0.2, 0.25) is 0 Å². The molecule has 0 atom stereocenters. The number of nitrogens with zero attached hydrogens (tertiary/aromatic N) is 1. The second-order valence-corrected chi connectivity index (χ2v) is 5.94. The summed E-state index contributed by atoms with van der Waals surface area (Å²) >= 11 is 0. The molecule has 1 aromatic rings. The van der Waals surface area contributed by atoms with Crippen LogP contribution in [0.3, 0.4) is 0 Å². The third-order valence-corrected chi connectivity index (χ3v) is 4.36. The Balaban J connectivity index is 1.84. The summed E-state index contributed by atoms with van der Waals surface area (Å²) in [6.07, 6.45) is 3.89. The molecule has 0 saturated heterocycles. The van der Waals surface area contributed by atoms with E-state index in [1.54, 1.807) is 0 Å². The van der Waals surface area contributed by atoms with Crippen LogP contribution in [0.1, 0.15) is 45.1 Å². The highest BCUT2D eigenvalue weighted by Crippen LogP contribution is 2.51. The van der Waals surface area contributed by atoms with E-state index in [-0.39, 0.29) is 18.1 Å². The molecule has 4 heteroatoms. The standard InChI is InChI=1S/C17H23NO3/c1-3-9-18(10-4-2)16(19)17(7-8-17)13-5-6-14-15(11-13)21-12-20-14/h5-6,11H,3-4,7-10,12H2,1-2H3. The average molecular weight is 289 g/mol. The number of fused-ring (bicyclic) bond motifs is 1. The zero-order chi connectivity index (χ0) is 14.9. The van der Waals surface area contributed by atoms with Crippen molar-refractivity contribution < 1.29 is 14.3 Å². The van der Waals surface area contributed by atoms with Gasteiger partial charge in [0.2, 0.25) is 12.7 Å². The molecule has 1 saturated carbocycles. The van der Waals surface area contributed by atoms with E-state index in [9.17, 15) is 4.79 Å². The Labute approximate surface area is 126 Å². The Morgan fingerprint density at radius 1 is 1.14 bits per heavy atom. The van der Waals surface area contributed by atoms with Crippen molar-refractivity contribution in [1.29, 1.82) is 0 Å². The number of hydrogen-bond acceptors (Lipinski definition) is 3. The first kappa shape index (κ1) is 14.2. The van der Waals surface area contributed by atoms with E-state index in [0.717, 1.165) is 55.8 Å². The molecule has 0 bridgehead atoms. The first-order valence-corrected chi connectivity index (χ1v) is 7.91.